The van der Waals surface area contributed by atoms with Crippen molar-refractivity contribution < 1.29 is 24.2 Å². The molecular weight excluding hydrogens is 673 g/mol. The molecule has 0 saturated heterocycles. The van der Waals surface area contributed by atoms with Crippen LogP contribution in [0.1, 0.15) is 65.9 Å². The number of ether oxygens (including phenoxy) is 1. The molecule has 0 aliphatic carbocycles. The largest absolute Gasteiger partial charge is 0.444 e. The highest BCUT2D eigenvalue weighted by atomic mass is 32.1. The number of aliphatic hydroxyl groups is 1. The van der Waals surface area contributed by atoms with Gasteiger partial charge in [0.2, 0.25) is 5.91 Å². The number of aromatic nitrogens is 2. The van der Waals surface area contributed by atoms with Crippen molar-refractivity contribution in [2.75, 3.05) is 7.05 Å². The third-order valence-corrected chi connectivity index (χ3v) is 10.2. The van der Waals surface area contributed by atoms with Gasteiger partial charge >= 0.3 is 12.1 Å². The molecule has 4 amide bonds. The van der Waals surface area contributed by atoms with Crippen LogP contribution < -0.4 is 16.0 Å². The molecule has 4 aromatic rings. The first-order valence-corrected chi connectivity index (χ1v) is 18.5. The Balaban J connectivity index is 1.46. The van der Waals surface area contributed by atoms with Crippen LogP contribution in [-0.2, 0) is 35.5 Å². The number of urea groups is 1. The molecule has 2 heterocycles. The van der Waals surface area contributed by atoms with E-state index in [1.165, 1.54) is 16.2 Å². The number of hydrogen-bond acceptors (Lipinski definition) is 9. The smallest absolute Gasteiger partial charge is 0.407 e. The number of hydrogen-bond donors (Lipinski definition) is 4. The van der Waals surface area contributed by atoms with Crippen molar-refractivity contribution in [1.29, 1.82) is 0 Å². The second kappa shape index (κ2) is 19.2. The Morgan fingerprint density at radius 2 is 1.56 bits per heavy atom. The Morgan fingerprint density at radius 1 is 0.900 bits per heavy atom. The van der Waals surface area contributed by atoms with Gasteiger partial charge in [-0.25, -0.2) is 14.6 Å². The Kier molecular flexibility index (Phi) is 14.7. The summed E-state index contributed by atoms with van der Waals surface area (Å²) in [4.78, 5) is 52.0. The van der Waals surface area contributed by atoms with Crippen molar-refractivity contribution in [3.8, 4) is 0 Å². The maximum atomic E-state index is 13.9. The number of alkyl carbamates (subject to hydrolysis) is 1. The van der Waals surface area contributed by atoms with Crippen LogP contribution in [0.2, 0.25) is 0 Å². The number of amides is 4. The minimum atomic E-state index is -1.05. The van der Waals surface area contributed by atoms with Gasteiger partial charge < -0.3 is 30.7 Å². The van der Waals surface area contributed by atoms with Gasteiger partial charge in [-0.2, -0.15) is 0 Å². The minimum Gasteiger partial charge on any atom is -0.444 e. The molecule has 268 valence electrons. The highest BCUT2D eigenvalue weighted by molar-refractivity contribution is 7.11. The van der Waals surface area contributed by atoms with Crippen molar-refractivity contribution in [2.45, 2.75) is 90.3 Å². The van der Waals surface area contributed by atoms with E-state index in [0.29, 0.717) is 25.3 Å². The Bertz CT molecular complexity index is 1620. The number of benzene rings is 2. The molecule has 0 saturated carbocycles. The van der Waals surface area contributed by atoms with Crippen LogP contribution in [-0.4, -0.2) is 69.3 Å². The van der Waals surface area contributed by atoms with Crippen LogP contribution in [0.5, 0.6) is 0 Å². The average molecular weight is 721 g/mol. The van der Waals surface area contributed by atoms with E-state index in [2.05, 4.69) is 39.8 Å². The van der Waals surface area contributed by atoms with E-state index in [4.69, 9.17) is 4.74 Å². The maximum Gasteiger partial charge on any atom is 0.407 e. The van der Waals surface area contributed by atoms with Crippen molar-refractivity contribution in [1.82, 2.24) is 30.8 Å². The summed E-state index contributed by atoms with van der Waals surface area (Å²) in [6, 6.07) is 16.8. The lowest BCUT2D eigenvalue weighted by Crippen LogP contribution is -2.55. The lowest BCUT2D eigenvalue weighted by atomic mass is 9.93. The summed E-state index contributed by atoms with van der Waals surface area (Å²) in [5.74, 6) is -0.227. The van der Waals surface area contributed by atoms with Crippen molar-refractivity contribution in [2.24, 2.45) is 5.92 Å². The molecule has 13 heteroatoms. The molecule has 4 rings (SSSR count). The van der Waals surface area contributed by atoms with Gasteiger partial charge in [0.25, 0.3) is 0 Å². The topological polar surface area (TPSA) is 146 Å². The molecule has 0 radical (unpaired) electrons. The van der Waals surface area contributed by atoms with Gasteiger partial charge in [-0.15, -0.1) is 22.7 Å². The molecule has 4 atom stereocenters. The lowest BCUT2D eigenvalue weighted by Gasteiger charge is -2.30. The third kappa shape index (κ3) is 12.2. The Hall–Kier alpha value is -4.33. The van der Waals surface area contributed by atoms with Gasteiger partial charge in [0.1, 0.15) is 17.7 Å². The van der Waals surface area contributed by atoms with Crippen molar-refractivity contribution in [3.63, 3.8) is 0 Å². The van der Waals surface area contributed by atoms with Crippen LogP contribution >= 0.6 is 22.7 Å². The number of rotatable bonds is 17. The molecule has 11 nitrogen and oxygen atoms in total. The Morgan fingerprint density at radius 3 is 2.14 bits per heavy atom. The van der Waals surface area contributed by atoms with Gasteiger partial charge in [0.05, 0.1) is 29.1 Å². The summed E-state index contributed by atoms with van der Waals surface area (Å²) in [5, 5.41) is 21.4. The lowest BCUT2D eigenvalue weighted by molar-refractivity contribution is -0.124. The highest BCUT2D eigenvalue weighted by Crippen LogP contribution is 2.23. The van der Waals surface area contributed by atoms with Crippen molar-refractivity contribution in [3.05, 3.63) is 104 Å². The summed E-state index contributed by atoms with van der Waals surface area (Å²) in [6.07, 6.45) is 2.68. The van der Waals surface area contributed by atoms with E-state index >= 15 is 0 Å². The molecule has 2 aromatic carbocycles. The van der Waals surface area contributed by atoms with Crippen LogP contribution in [0.25, 0.3) is 0 Å². The SMILES string of the molecule is CC(C)c1cnc(CN(C)C(=O)N[C@@H](C(=O)N[C@H](Cc2ccccc2)C[C@@H](O)[C@@H](Cc2ccccc2)NC(=O)OCc2cncs2)C(C)C)s1. The van der Waals surface area contributed by atoms with Gasteiger partial charge in [-0.3, -0.25) is 9.78 Å². The fourth-order valence-corrected chi connectivity index (χ4v) is 6.83. The standard InChI is InChI=1S/C37H48N6O5S2/c1-24(2)32-20-39-33(50-32)21-43(5)36(46)42-34(25(3)4)35(45)40-28(16-26-12-8-6-9-13-26)18-31(44)30(17-27-14-10-7-11-15-27)41-37(47)48-22-29-19-38-23-49-29/h6-15,19-20,23-25,28,30-31,34,44H,16-18,21-22H2,1-5H3,(H,40,45)(H,41,47)(H,42,46)/t28-,30-,31-,34-/m1/s1. The number of carbonyl (C=O) groups is 3. The highest BCUT2D eigenvalue weighted by Gasteiger charge is 2.31. The van der Waals surface area contributed by atoms with E-state index in [1.54, 1.807) is 30.1 Å². The van der Waals surface area contributed by atoms with Crippen LogP contribution in [0, 0.1) is 5.92 Å². The van der Waals surface area contributed by atoms with E-state index in [-0.39, 0.29) is 30.9 Å². The molecule has 0 fully saturated rings. The first-order chi connectivity index (χ1) is 24.0. The first-order valence-electron chi connectivity index (χ1n) is 16.8. The van der Waals surface area contributed by atoms with Gasteiger partial charge in [-0.1, -0.05) is 88.4 Å². The molecule has 4 N–H and O–H groups in total. The summed E-state index contributed by atoms with van der Waals surface area (Å²) in [5.41, 5.74) is 3.56. The normalized spacial score (nSPS) is 13.7. The molecule has 0 aliphatic rings. The number of thiazole rings is 2. The summed E-state index contributed by atoms with van der Waals surface area (Å²) in [6.45, 7) is 8.34. The summed E-state index contributed by atoms with van der Waals surface area (Å²) < 4.78 is 5.43. The molecule has 0 bridgehead atoms. The van der Waals surface area contributed by atoms with E-state index in [9.17, 15) is 19.5 Å². The van der Waals surface area contributed by atoms with Crippen LogP contribution in [0.4, 0.5) is 9.59 Å². The molecule has 50 heavy (non-hydrogen) atoms. The maximum absolute atomic E-state index is 13.9. The number of carbonyl (C=O) groups excluding carboxylic acids is 3. The summed E-state index contributed by atoms with van der Waals surface area (Å²) in [7, 11) is 1.68. The quantitative estimate of drug-likeness (QED) is 0.106. The molecule has 0 unspecified atom stereocenters. The fraction of sp³-hybridized carbons (Fsp3) is 0.432. The molecular formula is C37H48N6O5S2. The van der Waals surface area contributed by atoms with E-state index < -0.39 is 30.3 Å². The van der Waals surface area contributed by atoms with E-state index in [0.717, 1.165) is 25.9 Å². The zero-order valence-corrected chi connectivity index (χ0v) is 30.9. The second-order valence-corrected chi connectivity index (χ2v) is 15.1. The predicted octanol–water partition coefficient (Wildman–Crippen LogP) is 5.91. The van der Waals surface area contributed by atoms with Crippen molar-refractivity contribution >= 4 is 40.7 Å². The van der Waals surface area contributed by atoms with Gasteiger partial charge in [0.15, 0.2) is 0 Å². The fourth-order valence-electron chi connectivity index (χ4n) is 5.35. The first kappa shape index (κ1) is 38.5. The van der Waals surface area contributed by atoms with Gasteiger partial charge in [0, 0.05) is 30.4 Å². The average Bonchev–Trinajstić information content (AvgIpc) is 3.79. The monoisotopic (exact) mass is 720 g/mol. The predicted molar refractivity (Wildman–Crippen MR) is 197 cm³/mol. The number of aliphatic hydroxyl groups excluding tert-OH is 1. The zero-order chi connectivity index (χ0) is 36.0. The van der Waals surface area contributed by atoms with E-state index in [1.807, 2.05) is 80.7 Å². The molecule has 2 aromatic heterocycles. The Labute approximate surface area is 302 Å². The number of nitrogens with one attached hydrogen (secondary N) is 3. The third-order valence-electron chi connectivity index (χ3n) is 8.18. The van der Waals surface area contributed by atoms with Crippen LogP contribution in [0.15, 0.2) is 78.6 Å². The molecule has 0 aliphatic heterocycles. The zero-order valence-electron chi connectivity index (χ0n) is 29.2. The minimum absolute atomic E-state index is 0.0671. The number of nitrogens with zero attached hydrogens (tertiary/aromatic N) is 3. The van der Waals surface area contributed by atoms with Gasteiger partial charge in [-0.05, 0) is 42.2 Å². The molecule has 0 spiro atoms. The second-order valence-electron chi connectivity index (χ2n) is 13.0. The van der Waals surface area contributed by atoms with Crippen LogP contribution in [0.3, 0.4) is 0 Å². The summed E-state index contributed by atoms with van der Waals surface area (Å²) >= 11 is 2.95.